The van der Waals surface area contributed by atoms with Crippen LogP contribution in [0.15, 0.2) is 72.9 Å². The van der Waals surface area contributed by atoms with Gasteiger partial charge >= 0.3 is 0 Å². The van der Waals surface area contributed by atoms with Crippen molar-refractivity contribution in [3.05, 3.63) is 78.6 Å². The van der Waals surface area contributed by atoms with E-state index in [1.807, 2.05) is 60.7 Å². The number of methoxy groups -OCH3 is 4. The van der Waals surface area contributed by atoms with Crippen molar-refractivity contribution >= 4 is 28.0 Å². The van der Waals surface area contributed by atoms with Gasteiger partial charge in [0.05, 0.1) is 40.1 Å². The SMILES string of the molecule is COc1ccc(-c2c(-c3ccccc3)c(C(=O)C(=O)NCC(C)O)n3ccc4cc(OC)c(OC)cc4c23)cc1OC. The second-order valence-corrected chi connectivity index (χ2v) is 9.75. The molecule has 2 heterocycles. The fourth-order valence-corrected chi connectivity index (χ4v) is 5.21. The molecule has 9 nitrogen and oxygen atoms in total. The van der Waals surface area contributed by atoms with E-state index in [0.29, 0.717) is 39.6 Å². The van der Waals surface area contributed by atoms with Gasteiger partial charge in [0.25, 0.3) is 11.7 Å². The fourth-order valence-electron chi connectivity index (χ4n) is 5.21. The predicted molar refractivity (Wildman–Crippen MR) is 161 cm³/mol. The van der Waals surface area contributed by atoms with Crippen molar-refractivity contribution in [3.63, 3.8) is 0 Å². The zero-order valence-electron chi connectivity index (χ0n) is 24.1. The van der Waals surface area contributed by atoms with Crippen LogP contribution in [0.2, 0.25) is 0 Å². The molecule has 0 fully saturated rings. The van der Waals surface area contributed by atoms with E-state index >= 15 is 0 Å². The first kappa shape index (κ1) is 28.5. The number of hydrogen-bond donors (Lipinski definition) is 2. The quantitative estimate of drug-likeness (QED) is 0.177. The number of ketones is 1. The van der Waals surface area contributed by atoms with Gasteiger partial charge in [0, 0.05) is 29.3 Å². The van der Waals surface area contributed by atoms with Crippen molar-refractivity contribution in [2.45, 2.75) is 13.0 Å². The number of amides is 1. The number of aromatic nitrogens is 1. The summed E-state index contributed by atoms with van der Waals surface area (Å²) in [4.78, 5) is 27.2. The van der Waals surface area contributed by atoms with Crippen molar-refractivity contribution in [3.8, 4) is 45.3 Å². The fraction of sp³-hybridized carbons (Fsp3) is 0.212. The lowest BCUT2D eigenvalue weighted by atomic mass is 9.93. The molecule has 0 aliphatic rings. The summed E-state index contributed by atoms with van der Waals surface area (Å²) < 4.78 is 24.1. The van der Waals surface area contributed by atoms with Crippen LogP contribution in [-0.4, -0.2) is 62.3 Å². The second kappa shape index (κ2) is 11.8. The summed E-state index contributed by atoms with van der Waals surface area (Å²) in [5.41, 5.74) is 3.64. The number of aliphatic hydroxyl groups excluding tert-OH is 1. The lowest BCUT2D eigenvalue weighted by Gasteiger charge is -2.13. The minimum Gasteiger partial charge on any atom is -0.493 e. The number of ether oxygens (including phenoxy) is 4. The molecular formula is C33H32N2O7. The van der Waals surface area contributed by atoms with Crippen molar-refractivity contribution in [2.24, 2.45) is 0 Å². The molecule has 216 valence electrons. The van der Waals surface area contributed by atoms with E-state index < -0.39 is 17.8 Å². The highest BCUT2D eigenvalue weighted by atomic mass is 16.5. The summed E-state index contributed by atoms with van der Waals surface area (Å²) in [6.07, 6.45) is 0.961. The Bertz CT molecular complexity index is 1790. The van der Waals surface area contributed by atoms with Gasteiger partial charge in [-0.3, -0.25) is 9.59 Å². The van der Waals surface area contributed by atoms with Gasteiger partial charge < -0.3 is 33.8 Å². The van der Waals surface area contributed by atoms with Crippen LogP contribution in [0, 0.1) is 0 Å². The number of aliphatic hydroxyl groups is 1. The van der Waals surface area contributed by atoms with E-state index in [-0.39, 0.29) is 12.2 Å². The normalized spacial score (nSPS) is 11.8. The van der Waals surface area contributed by atoms with Gasteiger partial charge in [0.2, 0.25) is 0 Å². The maximum atomic E-state index is 14.0. The number of Topliss-reactive ketones (excluding diaryl/α,β-unsaturated/α-hetero) is 1. The standard InChI is InChI=1S/C33H32N2O7/c1-19(36)18-34-33(38)32(37)31-28(20-9-7-6-8-10-20)29(22-11-12-24(39-2)25(16-22)40-3)30-23-17-27(42-5)26(41-4)15-21(23)13-14-35(30)31/h6-17,19,36H,18H2,1-5H3,(H,34,38). The zero-order valence-corrected chi connectivity index (χ0v) is 24.1. The van der Waals surface area contributed by atoms with E-state index in [1.165, 1.54) is 6.92 Å². The van der Waals surface area contributed by atoms with Crippen molar-refractivity contribution < 1.29 is 33.6 Å². The Morgan fingerprint density at radius 1 is 0.786 bits per heavy atom. The van der Waals surface area contributed by atoms with Gasteiger partial charge in [-0.25, -0.2) is 0 Å². The molecule has 1 amide bonds. The molecule has 42 heavy (non-hydrogen) atoms. The molecule has 9 heteroatoms. The van der Waals surface area contributed by atoms with Crippen molar-refractivity contribution in [2.75, 3.05) is 35.0 Å². The van der Waals surface area contributed by atoms with Crippen LogP contribution in [-0.2, 0) is 4.79 Å². The third kappa shape index (κ3) is 4.99. The van der Waals surface area contributed by atoms with Gasteiger partial charge in [-0.2, -0.15) is 0 Å². The molecule has 0 aliphatic heterocycles. The molecule has 0 radical (unpaired) electrons. The van der Waals surface area contributed by atoms with Crippen molar-refractivity contribution in [1.29, 1.82) is 0 Å². The Balaban J connectivity index is 1.96. The summed E-state index contributed by atoms with van der Waals surface area (Å²) in [6.45, 7) is 1.48. The average molecular weight is 569 g/mol. The maximum absolute atomic E-state index is 14.0. The molecule has 2 N–H and O–H groups in total. The lowest BCUT2D eigenvalue weighted by molar-refractivity contribution is -0.117. The Labute approximate surface area is 243 Å². The molecule has 3 aromatic carbocycles. The molecule has 0 saturated heterocycles. The third-order valence-electron chi connectivity index (χ3n) is 7.13. The first-order valence-corrected chi connectivity index (χ1v) is 13.3. The third-order valence-corrected chi connectivity index (χ3v) is 7.13. The minimum absolute atomic E-state index is 0.0585. The molecule has 0 spiro atoms. The monoisotopic (exact) mass is 568 g/mol. The Morgan fingerprint density at radius 3 is 2.07 bits per heavy atom. The van der Waals surface area contributed by atoms with Crippen LogP contribution < -0.4 is 24.3 Å². The Kier molecular flexibility index (Phi) is 8.04. The highest BCUT2D eigenvalue weighted by Crippen LogP contribution is 2.46. The van der Waals surface area contributed by atoms with E-state index in [9.17, 15) is 14.7 Å². The van der Waals surface area contributed by atoms with E-state index in [4.69, 9.17) is 18.9 Å². The Morgan fingerprint density at radius 2 is 1.43 bits per heavy atom. The summed E-state index contributed by atoms with van der Waals surface area (Å²) in [5, 5.41) is 13.9. The van der Waals surface area contributed by atoms with Gasteiger partial charge in [-0.15, -0.1) is 0 Å². The number of carbonyl (C=O) groups excluding carboxylic acids is 2. The van der Waals surface area contributed by atoms with Crippen LogP contribution in [0.4, 0.5) is 0 Å². The second-order valence-electron chi connectivity index (χ2n) is 9.75. The first-order chi connectivity index (χ1) is 20.3. The smallest absolute Gasteiger partial charge is 0.294 e. The number of hydrogen-bond acceptors (Lipinski definition) is 7. The van der Waals surface area contributed by atoms with Gasteiger partial charge in [-0.1, -0.05) is 36.4 Å². The largest absolute Gasteiger partial charge is 0.493 e. The van der Waals surface area contributed by atoms with E-state index in [1.54, 1.807) is 45.1 Å². The summed E-state index contributed by atoms with van der Waals surface area (Å²) in [6, 6.07) is 20.6. The number of pyridine rings is 1. The molecule has 0 saturated carbocycles. The van der Waals surface area contributed by atoms with Crippen LogP contribution in [0.3, 0.4) is 0 Å². The molecular weight excluding hydrogens is 536 g/mol. The lowest BCUT2D eigenvalue weighted by Crippen LogP contribution is -2.36. The topological polar surface area (TPSA) is 108 Å². The number of nitrogens with zero attached hydrogens (tertiary/aromatic N) is 1. The number of nitrogens with one attached hydrogen (secondary N) is 1. The molecule has 1 atom stereocenters. The molecule has 0 aliphatic carbocycles. The number of rotatable bonds is 10. The van der Waals surface area contributed by atoms with E-state index in [2.05, 4.69) is 5.32 Å². The summed E-state index contributed by atoms with van der Waals surface area (Å²) in [7, 11) is 6.26. The highest BCUT2D eigenvalue weighted by molar-refractivity contribution is 6.44. The molecule has 2 aromatic heterocycles. The molecule has 1 unspecified atom stereocenters. The summed E-state index contributed by atoms with van der Waals surface area (Å²) in [5.74, 6) is 0.577. The minimum atomic E-state index is -0.821. The van der Waals surface area contributed by atoms with E-state index in [0.717, 1.165) is 21.9 Å². The number of fused-ring (bicyclic) bond motifs is 3. The van der Waals surface area contributed by atoms with Crippen molar-refractivity contribution in [1.82, 2.24) is 9.72 Å². The van der Waals surface area contributed by atoms with Gasteiger partial charge in [0.1, 0.15) is 5.69 Å². The molecule has 5 aromatic rings. The van der Waals surface area contributed by atoms with Gasteiger partial charge in [0.15, 0.2) is 23.0 Å². The first-order valence-electron chi connectivity index (χ1n) is 13.3. The highest BCUT2D eigenvalue weighted by Gasteiger charge is 2.31. The number of benzene rings is 3. The van der Waals surface area contributed by atoms with Gasteiger partial charge in [-0.05, 0) is 53.8 Å². The van der Waals surface area contributed by atoms with Crippen LogP contribution in [0.5, 0.6) is 23.0 Å². The molecule has 0 bridgehead atoms. The number of carbonyl (C=O) groups is 2. The van der Waals surface area contributed by atoms with Crippen LogP contribution in [0.25, 0.3) is 38.5 Å². The Hall–Kier alpha value is -5.02. The average Bonchev–Trinajstić information content (AvgIpc) is 3.38. The molecule has 5 rings (SSSR count). The van der Waals surface area contributed by atoms with Crippen LogP contribution >= 0.6 is 0 Å². The summed E-state index contributed by atoms with van der Waals surface area (Å²) >= 11 is 0. The van der Waals surface area contributed by atoms with Crippen LogP contribution in [0.1, 0.15) is 17.4 Å². The maximum Gasteiger partial charge on any atom is 0.294 e. The predicted octanol–water partition coefficient (Wildman–Crippen LogP) is 5.14. The zero-order chi connectivity index (χ0) is 30.0.